The molecule has 0 saturated heterocycles. The molecule has 102 valence electrons. The topological polar surface area (TPSA) is 70.8 Å². The standard InChI is InChI=1S/C14H13ClN4O/c1-8-13(15)17-9(2)18-14(8)19-11-5-4-10(7-16)6-12(11)20-3/h4-6H,1-3H3,(H,17,18,19). The SMILES string of the molecule is COc1cc(C#N)ccc1Nc1nc(C)nc(Cl)c1C. The molecule has 2 aromatic rings. The van der Waals surface area contributed by atoms with Crippen molar-refractivity contribution in [3.05, 3.63) is 40.3 Å². The van der Waals surface area contributed by atoms with Crippen LogP contribution in [0.2, 0.25) is 5.15 Å². The average Bonchev–Trinajstić information content (AvgIpc) is 2.44. The molecule has 0 amide bonds. The lowest BCUT2D eigenvalue weighted by atomic mass is 10.2. The van der Waals surface area contributed by atoms with Crippen LogP contribution in [0.4, 0.5) is 11.5 Å². The van der Waals surface area contributed by atoms with Crippen molar-refractivity contribution >= 4 is 23.1 Å². The van der Waals surface area contributed by atoms with Gasteiger partial charge in [-0.1, -0.05) is 11.6 Å². The van der Waals surface area contributed by atoms with Crippen molar-refractivity contribution in [2.75, 3.05) is 12.4 Å². The molecule has 0 bridgehead atoms. The van der Waals surface area contributed by atoms with Gasteiger partial charge in [0.05, 0.1) is 24.4 Å². The molecular weight excluding hydrogens is 276 g/mol. The van der Waals surface area contributed by atoms with Gasteiger partial charge in [0, 0.05) is 11.6 Å². The fourth-order valence-corrected chi connectivity index (χ4v) is 1.92. The molecule has 0 unspecified atom stereocenters. The number of nitrogens with zero attached hydrogens (tertiary/aromatic N) is 3. The number of benzene rings is 1. The fourth-order valence-electron chi connectivity index (χ4n) is 1.71. The second-order valence-corrected chi connectivity index (χ2v) is 4.55. The molecule has 1 N–H and O–H groups in total. The van der Waals surface area contributed by atoms with E-state index in [-0.39, 0.29) is 0 Å². The van der Waals surface area contributed by atoms with Crippen molar-refractivity contribution in [2.45, 2.75) is 13.8 Å². The summed E-state index contributed by atoms with van der Waals surface area (Å²) in [5, 5.41) is 12.5. The summed E-state index contributed by atoms with van der Waals surface area (Å²) in [5.74, 6) is 1.76. The first kappa shape index (κ1) is 14.1. The number of ether oxygens (including phenoxy) is 1. The highest BCUT2D eigenvalue weighted by atomic mass is 35.5. The summed E-state index contributed by atoms with van der Waals surface area (Å²) in [7, 11) is 1.55. The normalized spacial score (nSPS) is 9.95. The van der Waals surface area contributed by atoms with E-state index >= 15 is 0 Å². The van der Waals surface area contributed by atoms with E-state index in [4.69, 9.17) is 21.6 Å². The van der Waals surface area contributed by atoms with Crippen LogP contribution < -0.4 is 10.1 Å². The van der Waals surface area contributed by atoms with E-state index in [2.05, 4.69) is 21.4 Å². The molecule has 0 fully saturated rings. The predicted molar refractivity (Wildman–Crippen MR) is 77.5 cm³/mol. The van der Waals surface area contributed by atoms with Gasteiger partial charge in [-0.2, -0.15) is 5.26 Å². The van der Waals surface area contributed by atoms with Gasteiger partial charge in [-0.15, -0.1) is 0 Å². The number of aromatic nitrogens is 2. The third kappa shape index (κ3) is 2.81. The summed E-state index contributed by atoms with van der Waals surface area (Å²) >= 11 is 6.04. The Balaban J connectivity index is 2.43. The van der Waals surface area contributed by atoms with Crippen molar-refractivity contribution in [2.24, 2.45) is 0 Å². The van der Waals surface area contributed by atoms with Crippen LogP contribution in [-0.4, -0.2) is 17.1 Å². The maximum atomic E-state index is 8.89. The van der Waals surface area contributed by atoms with Crippen LogP contribution in [-0.2, 0) is 0 Å². The molecule has 1 aromatic heterocycles. The molecule has 0 aliphatic rings. The van der Waals surface area contributed by atoms with Crippen molar-refractivity contribution in [1.29, 1.82) is 5.26 Å². The number of nitrogens with one attached hydrogen (secondary N) is 1. The van der Waals surface area contributed by atoms with Gasteiger partial charge in [-0.05, 0) is 26.0 Å². The molecule has 0 saturated carbocycles. The Bertz CT molecular complexity index is 694. The Hall–Kier alpha value is -2.32. The van der Waals surface area contributed by atoms with E-state index in [0.717, 1.165) is 5.56 Å². The molecule has 0 aliphatic heterocycles. The molecule has 5 nitrogen and oxygen atoms in total. The molecule has 2 rings (SSSR count). The van der Waals surface area contributed by atoms with Crippen LogP contribution >= 0.6 is 11.6 Å². The Morgan fingerprint density at radius 1 is 1.30 bits per heavy atom. The third-order valence-electron chi connectivity index (χ3n) is 2.78. The van der Waals surface area contributed by atoms with Crippen LogP contribution in [0.3, 0.4) is 0 Å². The molecule has 0 aliphatic carbocycles. The summed E-state index contributed by atoms with van der Waals surface area (Å²) in [6.07, 6.45) is 0. The Morgan fingerprint density at radius 2 is 2.05 bits per heavy atom. The van der Waals surface area contributed by atoms with Gasteiger partial charge < -0.3 is 10.1 Å². The molecule has 0 atom stereocenters. The minimum Gasteiger partial charge on any atom is -0.495 e. The molecule has 1 heterocycles. The lowest BCUT2D eigenvalue weighted by molar-refractivity contribution is 0.416. The van der Waals surface area contributed by atoms with E-state index in [1.165, 1.54) is 0 Å². The number of hydrogen-bond acceptors (Lipinski definition) is 5. The second kappa shape index (κ2) is 5.76. The highest BCUT2D eigenvalue weighted by Gasteiger charge is 2.10. The predicted octanol–water partition coefficient (Wildman–Crippen LogP) is 3.37. The molecular formula is C14H13ClN4O. The molecule has 0 radical (unpaired) electrons. The monoisotopic (exact) mass is 288 g/mol. The molecule has 6 heteroatoms. The van der Waals surface area contributed by atoms with E-state index < -0.39 is 0 Å². The number of halogens is 1. The van der Waals surface area contributed by atoms with Gasteiger partial charge in [0.15, 0.2) is 0 Å². The van der Waals surface area contributed by atoms with E-state index in [9.17, 15) is 0 Å². The van der Waals surface area contributed by atoms with Crippen molar-refractivity contribution in [3.8, 4) is 11.8 Å². The molecule has 1 aromatic carbocycles. The van der Waals surface area contributed by atoms with Crippen LogP contribution in [0, 0.1) is 25.2 Å². The van der Waals surface area contributed by atoms with Crippen molar-refractivity contribution in [3.63, 3.8) is 0 Å². The van der Waals surface area contributed by atoms with Gasteiger partial charge in [0.25, 0.3) is 0 Å². The first-order valence-electron chi connectivity index (χ1n) is 5.91. The Morgan fingerprint density at radius 3 is 2.70 bits per heavy atom. The summed E-state index contributed by atoms with van der Waals surface area (Å²) in [6, 6.07) is 7.20. The lowest BCUT2D eigenvalue weighted by Crippen LogP contribution is -2.02. The van der Waals surface area contributed by atoms with Gasteiger partial charge in [0.2, 0.25) is 0 Å². The van der Waals surface area contributed by atoms with Crippen LogP contribution in [0.15, 0.2) is 18.2 Å². The largest absolute Gasteiger partial charge is 0.495 e. The van der Waals surface area contributed by atoms with Gasteiger partial charge in [0.1, 0.15) is 22.5 Å². The van der Waals surface area contributed by atoms with Gasteiger partial charge in [-0.3, -0.25) is 0 Å². The first-order chi connectivity index (χ1) is 9.55. The minimum absolute atomic E-state index is 0.410. The van der Waals surface area contributed by atoms with Gasteiger partial charge in [-0.25, -0.2) is 9.97 Å². The zero-order valence-electron chi connectivity index (χ0n) is 11.4. The summed E-state index contributed by atoms with van der Waals surface area (Å²) < 4.78 is 5.27. The quantitative estimate of drug-likeness (QED) is 0.877. The summed E-state index contributed by atoms with van der Waals surface area (Å²) in [4.78, 5) is 8.41. The maximum absolute atomic E-state index is 8.89. The Labute approximate surface area is 122 Å². The van der Waals surface area contributed by atoms with E-state index in [1.807, 2.05) is 6.92 Å². The number of hydrogen-bond donors (Lipinski definition) is 1. The number of aryl methyl sites for hydroxylation is 1. The molecule has 0 spiro atoms. The average molecular weight is 289 g/mol. The smallest absolute Gasteiger partial charge is 0.143 e. The maximum Gasteiger partial charge on any atom is 0.143 e. The number of methoxy groups -OCH3 is 1. The van der Waals surface area contributed by atoms with Crippen LogP contribution in [0.25, 0.3) is 0 Å². The highest BCUT2D eigenvalue weighted by Crippen LogP contribution is 2.30. The zero-order valence-corrected chi connectivity index (χ0v) is 12.1. The highest BCUT2D eigenvalue weighted by molar-refractivity contribution is 6.30. The van der Waals surface area contributed by atoms with Crippen molar-refractivity contribution in [1.82, 2.24) is 9.97 Å². The van der Waals surface area contributed by atoms with E-state index in [1.54, 1.807) is 32.2 Å². The summed E-state index contributed by atoms with van der Waals surface area (Å²) in [5.41, 5.74) is 1.99. The minimum atomic E-state index is 0.410. The Kier molecular flexibility index (Phi) is 4.06. The second-order valence-electron chi connectivity index (χ2n) is 4.19. The number of anilines is 2. The van der Waals surface area contributed by atoms with Crippen LogP contribution in [0.5, 0.6) is 5.75 Å². The number of rotatable bonds is 3. The fraction of sp³-hybridized carbons (Fsp3) is 0.214. The lowest BCUT2D eigenvalue weighted by Gasteiger charge is -2.13. The van der Waals surface area contributed by atoms with E-state index in [0.29, 0.717) is 33.8 Å². The van der Waals surface area contributed by atoms with Gasteiger partial charge >= 0.3 is 0 Å². The summed E-state index contributed by atoms with van der Waals surface area (Å²) in [6.45, 7) is 3.60. The van der Waals surface area contributed by atoms with Crippen LogP contribution in [0.1, 0.15) is 17.0 Å². The third-order valence-corrected chi connectivity index (χ3v) is 3.15. The van der Waals surface area contributed by atoms with Crippen molar-refractivity contribution < 1.29 is 4.74 Å². The number of nitriles is 1. The zero-order chi connectivity index (χ0) is 14.7. The molecule has 20 heavy (non-hydrogen) atoms. The first-order valence-corrected chi connectivity index (χ1v) is 6.29.